The Morgan fingerprint density at radius 1 is 1.33 bits per heavy atom. The Morgan fingerprint density at radius 3 is 2.78 bits per heavy atom. The van der Waals surface area contributed by atoms with Gasteiger partial charge in [-0.2, -0.15) is 8.78 Å². The van der Waals surface area contributed by atoms with Gasteiger partial charge in [-0.25, -0.2) is 8.78 Å². The summed E-state index contributed by atoms with van der Waals surface area (Å²) < 4.78 is 55.0. The number of alkyl halides is 4. The Balaban J connectivity index is 2.04. The van der Waals surface area contributed by atoms with Crippen LogP contribution in [0.3, 0.4) is 0 Å². The van der Waals surface area contributed by atoms with E-state index in [1.165, 1.54) is 0 Å². The summed E-state index contributed by atoms with van der Waals surface area (Å²) in [4.78, 5) is 0. The van der Waals surface area contributed by atoms with Crippen molar-refractivity contribution in [2.45, 2.75) is 25.0 Å². The number of rotatable bonds is 4. The molecule has 0 saturated heterocycles. The molecule has 1 unspecified atom stereocenters. The molecular weight excluding hydrogens is 250 g/mol. The fraction of sp³-hybridized carbons (Fsp3) is 0.500. The van der Waals surface area contributed by atoms with Crippen LogP contribution in [-0.4, -0.2) is 25.5 Å². The summed E-state index contributed by atoms with van der Waals surface area (Å²) >= 11 is 0. The third kappa shape index (κ3) is 2.81. The minimum Gasteiger partial charge on any atom is -0.375 e. The highest BCUT2D eigenvalue weighted by Crippen LogP contribution is 2.27. The maximum atomic E-state index is 12.8. The molecule has 0 bridgehead atoms. The van der Waals surface area contributed by atoms with Crippen LogP contribution in [0.2, 0.25) is 0 Å². The van der Waals surface area contributed by atoms with Crippen LogP contribution in [-0.2, 0) is 11.3 Å². The molecule has 0 fully saturated rings. The molecule has 1 aliphatic rings. The molecule has 1 aliphatic heterocycles. The smallest absolute Gasteiger partial charge is 0.319 e. The van der Waals surface area contributed by atoms with Gasteiger partial charge in [0.15, 0.2) is 0 Å². The standard InChI is InChI=1S/C12H13F4NO/c13-11(14)12(15,16)7-17-10-6-18-5-8-3-1-2-4-9(8)10/h1-4,10-11,17H,5-7H2. The van der Waals surface area contributed by atoms with Crippen LogP contribution in [0, 0.1) is 0 Å². The van der Waals surface area contributed by atoms with E-state index in [4.69, 9.17) is 4.74 Å². The van der Waals surface area contributed by atoms with Gasteiger partial charge >= 0.3 is 12.3 Å². The molecule has 0 aliphatic carbocycles. The number of ether oxygens (including phenoxy) is 1. The quantitative estimate of drug-likeness (QED) is 0.843. The van der Waals surface area contributed by atoms with Crippen molar-refractivity contribution in [2.24, 2.45) is 0 Å². The lowest BCUT2D eigenvalue weighted by molar-refractivity contribution is -0.127. The number of hydrogen-bond acceptors (Lipinski definition) is 2. The lowest BCUT2D eigenvalue weighted by Crippen LogP contribution is -2.42. The minimum absolute atomic E-state index is 0.205. The summed E-state index contributed by atoms with van der Waals surface area (Å²) in [5.74, 6) is -4.02. The third-order valence-electron chi connectivity index (χ3n) is 2.88. The average Bonchev–Trinajstić information content (AvgIpc) is 2.36. The van der Waals surface area contributed by atoms with Crippen molar-refractivity contribution < 1.29 is 22.3 Å². The van der Waals surface area contributed by atoms with Crippen LogP contribution >= 0.6 is 0 Å². The number of hydrogen-bond donors (Lipinski definition) is 1. The fourth-order valence-electron chi connectivity index (χ4n) is 1.89. The first-order valence-corrected chi connectivity index (χ1v) is 5.55. The normalized spacial score (nSPS) is 19.9. The Kier molecular flexibility index (Phi) is 3.87. The van der Waals surface area contributed by atoms with E-state index in [0.29, 0.717) is 6.61 Å². The molecule has 1 aromatic rings. The van der Waals surface area contributed by atoms with Gasteiger partial charge in [0, 0.05) is 0 Å². The second-order valence-corrected chi connectivity index (χ2v) is 4.21. The van der Waals surface area contributed by atoms with Gasteiger partial charge < -0.3 is 10.1 Å². The number of nitrogens with one attached hydrogen (secondary N) is 1. The van der Waals surface area contributed by atoms with E-state index in [2.05, 4.69) is 5.32 Å². The van der Waals surface area contributed by atoms with E-state index in [9.17, 15) is 17.6 Å². The highest BCUT2D eigenvalue weighted by molar-refractivity contribution is 5.31. The second kappa shape index (κ2) is 5.24. The molecule has 6 heteroatoms. The van der Waals surface area contributed by atoms with Crippen LogP contribution in [0.5, 0.6) is 0 Å². The summed E-state index contributed by atoms with van der Waals surface area (Å²) in [5, 5.41) is 2.44. The molecule has 100 valence electrons. The van der Waals surface area contributed by atoms with E-state index in [1.54, 1.807) is 12.1 Å². The van der Waals surface area contributed by atoms with Crippen LogP contribution < -0.4 is 5.32 Å². The van der Waals surface area contributed by atoms with Crippen LogP contribution in [0.15, 0.2) is 24.3 Å². The monoisotopic (exact) mass is 263 g/mol. The van der Waals surface area contributed by atoms with Crippen molar-refractivity contribution in [3.05, 3.63) is 35.4 Å². The van der Waals surface area contributed by atoms with Gasteiger partial charge in [0.1, 0.15) is 0 Å². The van der Waals surface area contributed by atoms with Crippen LogP contribution in [0.25, 0.3) is 0 Å². The van der Waals surface area contributed by atoms with E-state index >= 15 is 0 Å². The Bertz CT molecular complexity index is 411. The first kappa shape index (κ1) is 13.3. The zero-order chi connectivity index (χ0) is 13.2. The Morgan fingerprint density at radius 2 is 2.06 bits per heavy atom. The molecule has 0 aromatic heterocycles. The van der Waals surface area contributed by atoms with Gasteiger partial charge in [-0.3, -0.25) is 0 Å². The Hall–Kier alpha value is -1.14. The second-order valence-electron chi connectivity index (χ2n) is 4.21. The number of halogens is 4. The molecule has 18 heavy (non-hydrogen) atoms. The third-order valence-corrected chi connectivity index (χ3v) is 2.88. The zero-order valence-corrected chi connectivity index (χ0v) is 9.51. The highest BCUT2D eigenvalue weighted by atomic mass is 19.3. The average molecular weight is 263 g/mol. The summed E-state index contributed by atoms with van der Waals surface area (Å²) in [6.07, 6.45) is -3.66. The van der Waals surface area contributed by atoms with Crippen LogP contribution in [0.4, 0.5) is 17.6 Å². The topological polar surface area (TPSA) is 21.3 Å². The molecule has 1 N–H and O–H groups in total. The van der Waals surface area contributed by atoms with Crippen molar-refractivity contribution in [1.82, 2.24) is 5.32 Å². The molecular formula is C12H13F4NO. The van der Waals surface area contributed by atoms with Crippen molar-refractivity contribution in [1.29, 1.82) is 0 Å². The van der Waals surface area contributed by atoms with Gasteiger partial charge in [-0.05, 0) is 11.1 Å². The predicted molar refractivity (Wildman–Crippen MR) is 57.8 cm³/mol. The van der Waals surface area contributed by atoms with Gasteiger partial charge in [0.05, 0.1) is 25.8 Å². The molecule has 0 radical (unpaired) electrons. The van der Waals surface area contributed by atoms with Gasteiger partial charge in [-0.15, -0.1) is 0 Å². The first-order valence-electron chi connectivity index (χ1n) is 5.55. The molecule has 0 spiro atoms. The summed E-state index contributed by atoms with van der Waals surface area (Å²) in [6, 6.07) is 6.74. The van der Waals surface area contributed by atoms with Gasteiger partial charge in [0.25, 0.3) is 0 Å². The largest absolute Gasteiger partial charge is 0.375 e. The van der Waals surface area contributed by atoms with Crippen LogP contribution in [0.1, 0.15) is 17.2 Å². The van der Waals surface area contributed by atoms with E-state index < -0.39 is 24.9 Å². The number of fused-ring (bicyclic) bond motifs is 1. The summed E-state index contributed by atoms with van der Waals surface area (Å²) in [6.45, 7) is -0.442. The van der Waals surface area contributed by atoms with Crippen molar-refractivity contribution in [3.8, 4) is 0 Å². The van der Waals surface area contributed by atoms with Crippen molar-refractivity contribution in [2.75, 3.05) is 13.2 Å². The maximum absolute atomic E-state index is 12.8. The van der Waals surface area contributed by atoms with Gasteiger partial charge in [-0.1, -0.05) is 24.3 Å². The molecule has 0 saturated carbocycles. The summed E-state index contributed by atoms with van der Waals surface area (Å²) in [5.41, 5.74) is 1.72. The van der Waals surface area contributed by atoms with E-state index in [-0.39, 0.29) is 6.61 Å². The molecule has 2 rings (SSSR count). The van der Waals surface area contributed by atoms with Crippen molar-refractivity contribution in [3.63, 3.8) is 0 Å². The summed E-state index contributed by atoms with van der Waals surface area (Å²) in [7, 11) is 0. The fourth-order valence-corrected chi connectivity index (χ4v) is 1.89. The number of benzene rings is 1. The molecule has 0 amide bonds. The molecule has 1 aromatic carbocycles. The predicted octanol–water partition coefficient (Wildman–Crippen LogP) is 2.75. The van der Waals surface area contributed by atoms with E-state index in [0.717, 1.165) is 11.1 Å². The molecule has 1 atom stereocenters. The minimum atomic E-state index is -4.02. The lowest BCUT2D eigenvalue weighted by atomic mass is 9.99. The highest BCUT2D eigenvalue weighted by Gasteiger charge is 2.41. The maximum Gasteiger partial charge on any atom is 0.319 e. The molecule has 1 heterocycles. The Labute approximate surface area is 102 Å². The lowest BCUT2D eigenvalue weighted by Gasteiger charge is -2.28. The SMILES string of the molecule is FC(F)C(F)(F)CNC1COCc2ccccc21. The van der Waals surface area contributed by atoms with Crippen molar-refractivity contribution >= 4 is 0 Å². The van der Waals surface area contributed by atoms with Gasteiger partial charge in [0.2, 0.25) is 0 Å². The zero-order valence-electron chi connectivity index (χ0n) is 9.51. The molecule has 2 nitrogen and oxygen atoms in total. The first-order chi connectivity index (χ1) is 8.50. The van der Waals surface area contributed by atoms with E-state index in [1.807, 2.05) is 12.1 Å².